The summed E-state index contributed by atoms with van der Waals surface area (Å²) < 4.78 is 32.1. The van der Waals surface area contributed by atoms with Crippen molar-refractivity contribution in [2.45, 2.75) is 19.4 Å². The maximum absolute atomic E-state index is 13.6. The van der Waals surface area contributed by atoms with Gasteiger partial charge >= 0.3 is 0 Å². The van der Waals surface area contributed by atoms with Crippen LogP contribution in [-0.2, 0) is 4.74 Å². The quantitative estimate of drug-likeness (QED) is 0.812. The molecule has 0 aromatic heterocycles. The molecule has 0 aliphatic carbocycles. The smallest absolute Gasteiger partial charge is 0.163 e. The highest BCUT2D eigenvalue weighted by Gasteiger charge is 2.14. The van der Waals surface area contributed by atoms with Crippen LogP contribution in [0.25, 0.3) is 0 Å². The lowest BCUT2D eigenvalue weighted by Gasteiger charge is -2.26. The molecular formula is C15H22F2N2O. The topological polar surface area (TPSA) is 24.5 Å². The van der Waals surface area contributed by atoms with Gasteiger partial charge in [0.05, 0.1) is 13.2 Å². The molecule has 112 valence electrons. The molecule has 2 rings (SSSR count). The Morgan fingerprint density at radius 3 is 2.80 bits per heavy atom. The Hall–Kier alpha value is -1.04. The van der Waals surface area contributed by atoms with E-state index in [0.29, 0.717) is 5.56 Å². The Bertz CT molecular complexity index is 422. The second-order valence-corrected chi connectivity index (χ2v) is 5.13. The van der Waals surface area contributed by atoms with Gasteiger partial charge in [-0.1, -0.05) is 12.1 Å². The molecule has 1 heterocycles. The van der Waals surface area contributed by atoms with Crippen LogP contribution in [0.15, 0.2) is 18.2 Å². The molecule has 0 radical (unpaired) electrons. The maximum atomic E-state index is 13.6. The van der Waals surface area contributed by atoms with Gasteiger partial charge in [0, 0.05) is 24.7 Å². The zero-order valence-electron chi connectivity index (χ0n) is 11.9. The van der Waals surface area contributed by atoms with E-state index in [1.54, 1.807) is 12.1 Å². The van der Waals surface area contributed by atoms with Crippen molar-refractivity contribution in [2.75, 3.05) is 39.4 Å². The van der Waals surface area contributed by atoms with Crippen molar-refractivity contribution < 1.29 is 13.5 Å². The molecule has 1 aliphatic heterocycles. The second-order valence-electron chi connectivity index (χ2n) is 5.13. The summed E-state index contributed by atoms with van der Waals surface area (Å²) in [5, 5.41) is 3.24. The summed E-state index contributed by atoms with van der Waals surface area (Å²) in [6, 6.07) is 4.12. The number of nitrogens with one attached hydrogen (secondary N) is 1. The predicted molar refractivity (Wildman–Crippen MR) is 74.7 cm³/mol. The van der Waals surface area contributed by atoms with Crippen molar-refractivity contribution in [3.05, 3.63) is 35.4 Å². The minimum atomic E-state index is -0.788. The van der Waals surface area contributed by atoms with E-state index in [0.717, 1.165) is 51.9 Å². The molecule has 1 aliphatic rings. The van der Waals surface area contributed by atoms with E-state index in [1.807, 2.05) is 6.92 Å². The van der Waals surface area contributed by atoms with Crippen molar-refractivity contribution >= 4 is 0 Å². The van der Waals surface area contributed by atoms with Gasteiger partial charge in [0.15, 0.2) is 11.6 Å². The molecule has 1 aromatic rings. The van der Waals surface area contributed by atoms with Crippen molar-refractivity contribution in [2.24, 2.45) is 0 Å². The van der Waals surface area contributed by atoms with Crippen LogP contribution in [0, 0.1) is 11.6 Å². The van der Waals surface area contributed by atoms with Gasteiger partial charge in [-0.25, -0.2) is 8.78 Å². The first kappa shape index (κ1) is 15.4. The zero-order chi connectivity index (χ0) is 14.4. The summed E-state index contributed by atoms with van der Waals surface area (Å²) in [6.07, 6.45) is 0.987. The van der Waals surface area contributed by atoms with E-state index < -0.39 is 11.6 Å². The molecule has 0 spiro atoms. The molecule has 3 nitrogen and oxygen atoms in total. The molecule has 0 saturated carbocycles. The summed E-state index contributed by atoms with van der Waals surface area (Å²) in [7, 11) is 0. The minimum Gasteiger partial charge on any atom is -0.379 e. The van der Waals surface area contributed by atoms with Crippen molar-refractivity contribution in [3.8, 4) is 0 Å². The third-order valence-electron chi connectivity index (χ3n) is 3.65. The summed E-state index contributed by atoms with van der Waals surface area (Å²) in [6.45, 7) is 7.22. The lowest BCUT2D eigenvalue weighted by atomic mass is 10.1. The molecule has 1 fully saturated rings. The predicted octanol–water partition coefficient (Wildman–Crippen LogP) is 2.34. The first-order chi connectivity index (χ1) is 9.68. The fraction of sp³-hybridized carbons (Fsp3) is 0.600. The summed E-state index contributed by atoms with van der Waals surface area (Å²) in [4.78, 5) is 2.36. The van der Waals surface area contributed by atoms with E-state index in [9.17, 15) is 8.78 Å². The van der Waals surface area contributed by atoms with Crippen molar-refractivity contribution in [1.29, 1.82) is 0 Å². The Labute approximate surface area is 118 Å². The largest absolute Gasteiger partial charge is 0.379 e. The average Bonchev–Trinajstić information content (AvgIpc) is 2.47. The molecule has 5 heteroatoms. The van der Waals surface area contributed by atoms with Gasteiger partial charge in [-0.15, -0.1) is 0 Å². The molecular weight excluding hydrogens is 262 g/mol. The van der Waals surface area contributed by atoms with E-state index in [2.05, 4.69) is 10.2 Å². The van der Waals surface area contributed by atoms with E-state index in [4.69, 9.17) is 4.74 Å². The van der Waals surface area contributed by atoms with Gasteiger partial charge < -0.3 is 10.1 Å². The van der Waals surface area contributed by atoms with Crippen molar-refractivity contribution in [3.63, 3.8) is 0 Å². The molecule has 1 atom stereocenters. The lowest BCUT2D eigenvalue weighted by Crippen LogP contribution is -2.37. The third kappa shape index (κ3) is 4.23. The summed E-state index contributed by atoms with van der Waals surface area (Å²) >= 11 is 0. The van der Waals surface area contributed by atoms with Crippen LogP contribution >= 0.6 is 0 Å². The van der Waals surface area contributed by atoms with Crippen LogP contribution < -0.4 is 5.32 Å². The Morgan fingerprint density at radius 1 is 1.30 bits per heavy atom. The van der Waals surface area contributed by atoms with Crippen molar-refractivity contribution in [1.82, 2.24) is 10.2 Å². The number of rotatable bonds is 6. The SMILES string of the molecule is CC(NCCCN1CCOCC1)c1cccc(F)c1F. The Kier molecular flexibility index (Phi) is 5.88. The summed E-state index contributed by atoms with van der Waals surface area (Å²) in [5.41, 5.74) is 0.386. The molecule has 0 bridgehead atoms. The van der Waals surface area contributed by atoms with E-state index in [1.165, 1.54) is 0 Å². The molecule has 0 amide bonds. The Morgan fingerprint density at radius 2 is 2.05 bits per heavy atom. The number of hydrogen-bond donors (Lipinski definition) is 1. The third-order valence-corrected chi connectivity index (χ3v) is 3.65. The second kappa shape index (κ2) is 7.67. The Balaban J connectivity index is 1.72. The number of halogens is 2. The van der Waals surface area contributed by atoms with E-state index >= 15 is 0 Å². The van der Waals surface area contributed by atoms with Crippen LogP contribution in [-0.4, -0.2) is 44.3 Å². The van der Waals surface area contributed by atoms with Gasteiger partial charge in [-0.2, -0.15) is 0 Å². The van der Waals surface area contributed by atoms with Gasteiger partial charge in [0.1, 0.15) is 0 Å². The zero-order valence-corrected chi connectivity index (χ0v) is 11.9. The normalized spacial score (nSPS) is 18.1. The number of ether oxygens (including phenoxy) is 1. The molecule has 20 heavy (non-hydrogen) atoms. The molecule has 1 N–H and O–H groups in total. The fourth-order valence-electron chi connectivity index (χ4n) is 2.41. The number of hydrogen-bond acceptors (Lipinski definition) is 3. The standard InChI is InChI=1S/C15H22F2N2O/c1-12(13-4-2-5-14(16)15(13)17)18-6-3-7-19-8-10-20-11-9-19/h2,4-5,12,18H,3,6-11H2,1H3. The fourth-order valence-corrected chi connectivity index (χ4v) is 2.41. The first-order valence-corrected chi connectivity index (χ1v) is 7.16. The van der Waals surface area contributed by atoms with Gasteiger partial charge in [0.2, 0.25) is 0 Å². The van der Waals surface area contributed by atoms with Crippen LogP contribution in [0.3, 0.4) is 0 Å². The highest BCUT2D eigenvalue weighted by Crippen LogP contribution is 2.18. The minimum absolute atomic E-state index is 0.185. The molecule has 1 unspecified atom stereocenters. The monoisotopic (exact) mass is 284 g/mol. The average molecular weight is 284 g/mol. The highest BCUT2D eigenvalue weighted by atomic mass is 19.2. The van der Waals surface area contributed by atoms with Crippen LogP contribution in [0.1, 0.15) is 24.9 Å². The number of benzene rings is 1. The molecule has 1 aromatic carbocycles. The van der Waals surface area contributed by atoms with E-state index in [-0.39, 0.29) is 6.04 Å². The molecule has 1 saturated heterocycles. The van der Waals surface area contributed by atoms with Gasteiger partial charge in [-0.05, 0) is 32.5 Å². The van der Waals surface area contributed by atoms with Gasteiger partial charge in [-0.3, -0.25) is 4.90 Å². The number of nitrogens with zero attached hydrogens (tertiary/aromatic N) is 1. The lowest BCUT2D eigenvalue weighted by molar-refractivity contribution is 0.0374. The highest BCUT2D eigenvalue weighted by molar-refractivity contribution is 5.21. The van der Waals surface area contributed by atoms with Gasteiger partial charge in [0.25, 0.3) is 0 Å². The maximum Gasteiger partial charge on any atom is 0.163 e. The van der Waals surface area contributed by atoms with Crippen LogP contribution in [0.2, 0.25) is 0 Å². The van der Waals surface area contributed by atoms with Crippen LogP contribution in [0.5, 0.6) is 0 Å². The summed E-state index contributed by atoms with van der Waals surface area (Å²) in [5.74, 6) is -1.54. The number of morpholine rings is 1. The van der Waals surface area contributed by atoms with Crippen LogP contribution in [0.4, 0.5) is 8.78 Å². The first-order valence-electron chi connectivity index (χ1n) is 7.16.